The molecular weight excluding hydrogens is 361 g/mol. The van der Waals surface area contributed by atoms with Gasteiger partial charge in [-0.25, -0.2) is 9.59 Å². The molecule has 1 aliphatic heterocycles. The van der Waals surface area contributed by atoms with Gasteiger partial charge < -0.3 is 14.4 Å². The van der Waals surface area contributed by atoms with Gasteiger partial charge in [0.15, 0.2) is 0 Å². The molecule has 10 heteroatoms. The van der Waals surface area contributed by atoms with E-state index in [4.69, 9.17) is 9.47 Å². The zero-order valence-corrected chi connectivity index (χ0v) is 14.8. The number of hydrogen-bond acceptors (Lipinski definition) is 6. The van der Waals surface area contributed by atoms with Crippen LogP contribution in [0.1, 0.15) is 6.42 Å². The Hall–Kier alpha value is -1.68. The molecule has 1 amide bonds. The van der Waals surface area contributed by atoms with Gasteiger partial charge in [-0.2, -0.15) is 25.8 Å². The minimum atomic E-state index is -5.19. The Morgan fingerprint density at radius 1 is 1.44 bits per heavy atom. The molecule has 1 rings (SSSR count). The van der Waals surface area contributed by atoms with E-state index in [0.29, 0.717) is 6.54 Å². The third-order valence-corrected chi connectivity index (χ3v) is 3.62. The molecule has 0 aromatic rings. The fourth-order valence-corrected chi connectivity index (χ4v) is 2.69. The van der Waals surface area contributed by atoms with Crippen molar-refractivity contribution in [2.75, 3.05) is 33.8 Å². The average molecular weight is 382 g/mol. The summed E-state index contributed by atoms with van der Waals surface area (Å²) >= 11 is 4.22. The monoisotopic (exact) mass is 382 g/mol. The molecule has 1 saturated heterocycles. The standard InChI is InChI=1S/C15H21F3N2O4S/c1-4-8-23-13(22)20-10-11(25)9-14(20,6-5-7-19(2)3)24-12(21)15(16,17)18/h4-6,11,25H,1,7-10H2,2-3H3/b6-5-/t11-,14+/m0/s1. The summed E-state index contributed by atoms with van der Waals surface area (Å²) in [6.45, 7) is 3.61. The number of rotatable bonds is 6. The Labute approximate surface area is 149 Å². The van der Waals surface area contributed by atoms with Gasteiger partial charge in [-0.1, -0.05) is 18.7 Å². The minimum Gasteiger partial charge on any atom is -0.445 e. The summed E-state index contributed by atoms with van der Waals surface area (Å²) in [5.74, 6) is -2.38. The van der Waals surface area contributed by atoms with E-state index in [1.165, 1.54) is 18.2 Å². The van der Waals surface area contributed by atoms with E-state index in [1.54, 1.807) is 19.0 Å². The molecule has 2 atom stereocenters. The highest BCUT2D eigenvalue weighted by Crippen LogP contribution is 2.37. The van der Waals surface area contributed by atoms with Crippen molar-refractivity contribution in [3.05, 3.63) is 24.8 Å². The van der Waals surface area contributed by atoms with Crippen molar-refractivity contribution in [1.29, 1.82) is 0 Å². The summed E-state index contributed by atoms with van der Waals surface area (Å²) in [5, 5.41) is -0.485. The molecule has 0 saturated carbocycles. The van der Waals surface area contributed by atoms with Crippen molar-refractivity contribution < 1.29 is 32.2 Å². The number of carbonyl (C=O) groups excluding carboxylic acids is 2. The predicted octanol–water partition coefficient (Wildman–Crippen LogP) is 2.23. The Kier molecular flexibility index (Phi) is 7.36. The van der Waals surface area contributed by atoms with Gasteiger partial charge in [0.05, 0.1) is 0 Å². The maximum Gasteiger partial charge on any atom is 0.491 e. The molecule has 25 heavy (non-hydrogen) atoms. The lowest BCUT2D eigenvalue weighted by Gasteiger charge is -2.34. The number of alkyl halides is 3. The van der Waals surface area contributed by atoms with Gasteiger partial charge in [0.25, 0.3) is 0 Å². The number of esters is 1. The molecule has 0 aromatic heterocycles. The molecule has 142 valence electrons. The van der Waals surface area contributed by atoms with Gasteiger partial charge >= 0.3 is 18.2 Å². The van der Waals surface area contributed by atoms with Gasteiger partial charge in [0.1, 0.15) is 6.61 Å². The van der Waals surface area contributed by atoms with Crippen molar-refractivity contribution in [2.45, 2.75) is 23.6 Å². The zero-order valence-electron chi connectivity index (χ0n) is 14.0. The van der Waals surface area contributed by atoms with E-state index in [1.807, 2.05) is 0 Å². The first kappa shape index (κ1) is 21.4. The molecular formula is C15H21F3N2O4S. The summed E-state index contributed by atoms with van der Waals surface area (Å²) < 4.78 is 47.6. The van der Waals surface area contributed by atoms with Crippen molar-refractivity contribution in [1.82, 2.24) is 9.80 Å². The van der Waals surface area contributed by atoms with Crippen LogP contribution < -0.4 is 0 Å². The van der Waals surface area contributed by atoms with Crippen LogP contribution in [0.3, 0.4) is 0 Å². The highest BCUT2D eigenvalue weighted by molar-refractivity contribution is 7.81. The van der Waals surface area contributed by atoms with E-state index in [0.717, 1.165) is 4.90 Å². The molecule has 0 radical (unpaired) electrons. The number of halogens is 3. The maximum absolute atomic E-state index is 12.7. The number of amides is 1. The van der Waals surface area contributed by atoms with Crippen LogP contribution in [-0.4, -0.2) is 72.8 Å². The Balaban J connectivity index is 3.16. The maximum atomic E-state index is 12.7. The SMILES string of the molecule is C=CCOC(=O)N1C[C@@H](S)C[C@@]1(/C=C\CN(C)C)OC(=O)C(F)(F)F. The van der Waals surface area contributed by atoms with Crippen molar-refractivity contribution in [3.63, 3.8) is 0 Å². The smallest absolute Gasteiger partial charge is 0.445 e. The topological polar surface area (TPSA) is 59.1 Å². The van der Waals surface area contributed by atoms with Crippen LogP contribution in [0.5, 0.6) is 0 Å². The third kappa shape index (κ3) is 5.96. The van der Waals surface area contributed by atoms with Crippen LogP contribution in [0, 0.1) is 0 Å². The number of likely N-dealkylation sites (tertiary alicyclic amines) is 1. The lowest BCUT2D eigenvalue weighted by Crippen LogP contribution is -2.51. The summed E-state index contributed by atoms with van der Waals surface area (Å²) in [4.78, 5) is 26.3. The molecule has 0 bridgehead atoms. The number of carbonyl (C=O) groups is 2. The minimum absolute atomic E-state index is 0.0312. The van der Waals surface area contributed by atoms with Gasteiger partial charge in [-0.3, -0.25) is 4.90 Å². The highest BCUT2D eigenvalue weighted by atomic mass is 32.1. The van der Waals surface area contributed by atoms with Crippen LogP contribution in [-0.2, 0) is 14.3 Å². The second-order valence-electron chi connectivity index (χ2n) is 5.73. The normalized spacial score (nSPS) is 24.0. The quantitative estimate of drug-likeness (QED) is 0.434. The fraction of sp³-hybridized carbons (Fsp3) is 0.600. The summed E-state index contributed by atoms with van der Waals surface area (Å²) in [6, 6.07) is 0. The summed E-state index contributed by atoms with van der Waals surface area (Å²) in [7, 11) is 3.51. The zero-order chi connectivity index (χ0) is 19.3. The van der Waals surface area contributed by atoms with E-state index < -0.39 is 29.2 Å². The van der Waals surface area contributed by atoms with Crippen molar-refractivity contribution in [2.24, 2.45) is 0 Å². The fourth-order valence-electron chi connectivity index (χ4n) is 2.27. The van der Waals surface area contributed by atoms with Gasteiger partial charge in [0.2, 0.25) is 5.72 Å². The van der Waals surface area contributed by atoms with Crippen LogP contribution in [0.15, 0.2) is 24.8 Å². The number of hydrogen-bond donors (Lipinski definition) is 1. The lowest BCUT2D eigenvalue weighted by atomic mass is 10.1. The molecule has 1 fully saturated rings. The number of thiol groups is 1. The second kappa shape index (κ2) is 8.61. The number of ether oxygens (including phenoxy) is 2. The Morgan fingerprint density at radius 2 is 2.08 bits per heavy atom. The summed E-state index contributed by atoms with van der Waals surface area (Å²) in [5.41, 5.74) is -1.91. The first-order valence-corrected chi connectivity index (χ1v) is 7.89. The van der Waals surface area contributed by atoms with Gasteiger partial charge in [-0.05, 0) is 20.2 Å². The molecule has 0 N–H and O–H groups in total. The van der Waals surface area contributed by atoms with E-state index >= 15 is 0 Å². The number of nitrogens with zero attached hydrogens (tertiary/aromatic N) is 2. The van der Waals surface area contributed by atoms with Crippen LogP contribution >= 0.6 is 12.6 Å². The van der Waals surface area contributed by atoms with Crippen LogP contribution in [0.2, 0.25) is 0 Å². The number of likely N-dealkylation sites (N-methyl/N-ethyl adjacent to an activating group) is 1. The Bertz CT molecular complexity index is 539. The van der Waals surface area contributed by atoms with Gasteiger partial charge in [-0.15, -0.1) is 0 Å². The lowest BCUT2D eigenvalue weighted by molar-refractivity contribution is -0.218. The predicted molar refractivity (Wildman–Crippen MR) is 88.2 cm³/mol. The molecule has 0 aliphatic carbocycles. The molecule has 0 unspecified atom stereocenters. The van der Waals surface area contributed by atoms with Crippen molar-refractivity contribution in [3.8, 4) is 0 Å². The third-order valence-electron chi connectivity index (χ3n) is 3.27. The second-order valence-corrected chi connectivity index (χ2v) is 6.46. The van der Waals surface area contributed by atoms with Crippen molar-refractivity contribution >= 4 is 24.7 Å². The molecule has 0 spiro atoms. The molecule has 0 aromatic carbocycles. The van der Waals surface area contributed by atoms with Crippen LogP contribution in [0.25, 0.3) is 0 Å². The summed E-state index contributed by atoms with van der Waals surface area (Å²) in [6.07, 6.45) is -2.09. The van der Waals surface area contributed by atoms with E-state index in [2.05, 4.69) is 19.2 Å². The van der Waals surface area contributed by atoms with Crippen LogP contribution in [0.4, 0.5) is 18.0 Å². The van der Waals surface area contributed by atoms with Gasteiger partial charge in [0, 0.05) is 24.8 Å². The van der Waals surface area contributed by atoms with E-state index in [9.17, 15) is 22.8 Å². The molecule has 1 heterocycles. The molecule has 1 aliphatic rings. The Morgan fingerprint density at radius 3 is 2.60 bits per heavy atom. The first-order chi connectivity index (χ1) is 11.5. The molecule has 6 nitrogen and oxygen atoms in total. The average Bonchev–Trinajstić information content (AvgIpc) is 2.80. The highest BCUT2D eigenvalue weighted by Gasteiger charge is 2.53. The van der Waals surface area contributed by atoms with E-state index in [-0.39, 0.29) is 19.6 Å². The first-order valence-electron chi connectivity index (χ1n) is 7.38. The largest absolute Gasteiger partial charge is 0.491 e.